The monoisotopic (exact) mass is 436 g/mol. The predicted octanol–water partition coefficient (Wildman–Crippen LogP) is 2.82. The summed E-state index contributed by atoms with van der Waals surface area (Å²) in [4.78, 5) is 29.6. The van der Waals surface area contributed by atoms with Gasteiger partial charge in [0, 0.05) is 29.9 Å². The lowest BCUT2D eigenvalue weighted by Crippen LogP contribution is -2.78. The Morgan fingerprint density at radius 1 is 1.16 bits per heavy atom. The van der Waals surface area contributed by atoms with Crippen molar-refractivity contribution >= 4 is 11.8 Å². The lowest BCUT2D eigenvalue weighted by Gasteiger charge is -2.69. The molecule has 7 heteroatoms. The van der Waals surface area contributed by atoms with E-state index in [0.717, 1.165) is 30.7 Å². The lowest BCUT2D eigenvalue weighted by atomic mass is 9.39. The highest BCUT2D eigenvalue weighted by atomic mass is 16.5. The minimum Gasteiger partial charge on any atom is -0.497 e. The molecular weight excluding hydrogens is 404 g/mol. The van der Waals surface area contributed by atoms with Gasteiger partial charge < -0.3 is 15.4 Å². The van der Waals surface area contributed by atoms with Crippen molar-refractivity contribution in [3.63, 3.8) is 0 Å². The number of amides is 2. The third-order valence-electron chi connectivity index (χ3n) is 6.63. The number of nitrogens with zero attached hydrogens (tertiary/aromatic N) is 1. The fourth-order valence-corrected chi connectivity index (χ4v) is 4.95. The largest absolute Gasteiger partial charge is 0.497 e. The van der Waals surface area contributed by atoms with Gasteiger partial charge in [-0.25, -0.2) is 0 Å². The molecule has 3 aliphatic carbocycles. The molecule has 3 aliphatic rings. The second-order valence-corrected chi connectivity index (χ2v) is 9.17. The Bertz CT molecular complexity index is 943. The van der Waals surface area contributed by atoms with Crippen molar-refractivity contribution in [2.24, 2.45) is 5.41 Å². The van der Waals surface area contributed by atoms with Crippen LogP contribution < -0.4 is 20.7 Å². The first-order valence-electron chi connectivity index (χ1n) is 11.4. The second-order valence-electron chi connectivity index (χ2n) is 9.17. The molecule has 0 aliphatic heterocycles. The molecule has 5 rings (SSSR count). The van der Waals surface area contributed by atoms with E-state index < -0.39 is 0 Å². The number of methoxy groups -OCH3 is 1. The van der Waals surface area contributed by atoms with E-state index in [4.69, 9.17) is 4.74 Å². The summed E-state index contributed by atoms with van der Waals surface area (Å²) in [6.45, 7) is 3.00. The molecule has 2 aromatic rings. The van der Waals surface area contributed by atoms with Gasteiger partial charge in [0.25, 0.3) is 5.91 Å². The smallest absolute Gasteiger partial charge is 0.251 e. The van der Waals surface area contributed by atoms with Gasteiger partial charge in [0.15, 0.2) is 0 Å². The Morgan fingerprint density at radius 3 is 2.59 bits per heavy atom. The van der Waals surface area contributed by atoms with E-state index in [9.17, 15) is 9.59 Å². The first-order chi connectivity index (χ1) is 15.5. The van der Waals surface area contributed by atoms with Gasteiger partial charge >= 0.3 is 0 Å². The number of hydrogen-bond acceptors (Lipinski definition) is 5. The summed E-state index contributed by atoms with van der Waals surface area (Å²) in [6.07, 6.45) is 8.01. The summed E-state index contributed by atoms with van der Waals surface area (Å²) < 4.78 is 5.33. The zero-order chi connectivity index (χ0) is 22.6. The minimum atomic E-state index is -0.357. The lowest BCUT2D eigenvalue weighted by molar-refractivity contribution is -0.179. The van der Waals surface area contributed by atoms with E-state index in [0.29, 0.717) is 31.2 Å². The van der Waals surface area contributed by atoms with Crippen LogP contribution in [0.15, 0.2) is 48.8 Å². The average molecular weight is 437 g/mol. The van der Waals surface area contributed by atoms with Crippen molar-refractivity contribution < 1.29 is 14.3 Å². The van der Waals surface area contributed by atoms with Gasteiger partial charge in [-0.15, -0.1) is 0 Å². The normalized spacial score (nSPS) is 23.9. The van der Waals surface area contributed by atoms with E-state index >= 15 is 0 Å². The van der Waals surface area contributed by atoms with Crippen molar-refractivity contribution in [3.8, 4) is 5.75 Å². The third kappa shape index (κ3) is 4.63. The molecule has 1 aromatic heterocycles. The Balaban J connectivity index is 1.33. The fraction of sp³-hybridized carbons (Fsp3) is 0.480. The van der Waals surface area contributed by atoms with Crippen LogP contribution >= 0.6 is 0 Å². The van der Waals surface area contributed by atoms with Crippen molar-refractivity contribution in [3.05, 3.63) is 59.9 Å². The molecule has 1 atom stereocenters. The van der Waals surface area contributed by atoms with Crippen molar-refractivity contribution in [1.82, 2.24) is 20.9 Å². The van der Waals surface area contributed by atoms with E-state index in [1.165, 1.54) is 0 Å². The van der Waals surface area contributed by atoms with Crippen LogP contribution in [-0.2, 0) is 11.2 Å². The topological polar surface area (TPSA) is 92.4 Å². The number of ether oxygens (including phenoxy) is 1. The quantitative estimate of drug-likeness (QED) is 0.372. The molecule has 3 saturated carbocycles. The van der Waals surface area contributed by atoms with Crippen molar-refractivity contribution in [1.29, 1.82) is 0 Å². The zero-order valence-corrected chi connectivity index (χ0v) is 18.8. The van der Waals surface area contributed by atoms with E-state index in [2.05, 4.69) is 27.9 Å². The number of aromatic nitrogens is 1. The maximum Gasteiger partial charge on any atom is 0.251 e. The van der Waals surface area contributed by atoms with Crippen LogP contribution in [0.25, 0.3) is 0 Å². The Hall–Kier alpha value is -2.93. The van der Waals surface area contributed by atoms with Gasteiger partial charge in [0.1, 0.15) is 5.75 Å². The molecule has 0 radical (unpaired) electrons. The molecular formula is C25H32N4O3. The minimum absolute atomic E-state index is 0.0782. The average Bonchev–Trinajstić information content (AvgIpc) is 2.75. The number of carbonyl (C=O) groups excluding carboxylic acids is 2. The van der Waals surface area contributed by atoms with Crippen LogP contribution in [0, 0.1) is 5.41 Å². The van der Waals surface area contributed by atoms with E-state index in [-0.39, 0.29) is 28.9 Å². The molecule has 32 heavy (non-hydrogen) atoms. The molecule has 3 fully saturated rings. The summed E-state index contributed by atoms with van der Waals surface area (Å²) in [7, 11) is 1.66. The summed E-state index contributed by atoms with van der Waals surface area (Å²) in [5, 5.41) is 9.85. The number of pyridine rings is 1. The van der Waals surface area contributed by atoms with Gasteiger partial charge in [-0.05, 0) is 62.1 Å². The van der Waals surface area contributed by atoms with Gasteiger partial charge in [-0.1, -0.05) is 25.5 Å². The molecule has 1 aromatic carbocycles. The number of unbranched alkanes of at least 4 members (excludes halogenated alkanes) is 1. The summed E-state index contributed by atoms with van der Waals surface area (Å²) >= 11 is 0. The summed E-state index contributed by atoms with van der Waals surface area (Å²) in [5.74, 6) is 0.792. The highest BCUT2D eigenvalue weighted by molar-refractivity contribution is 5.96. The van der Waals surface area contributed by atoms with Gasteiger partial charge in [-0.3, -0.25) is 19.9 Å². The predicted molar refractivity (Wildman–Crippen MR) is 122 cm³/mol. The van der Waals surface area contributed by atoms with Gasteiger partial charge in [0.05, 0.1) is 18.7 Å². The fourth-order valence-electron chi connectivity index (χ4n) is 4.95. The van der Waals surface area contributed by atoms with E-state index in [1.54, 1.807) is 31.6 Å². The number of carbonyl (C=O) groups is 2. The van der Waals surface area contributed by atoms with Crippen LogP contribution in [-0.4, -0.2) is 42.2 Å². The molecule has 2 bridgehead atoms. The van der Waals surface area contributed by atoms with Gasteiger partial charge in [0.2, 0.25) is 5.91 Å². The standard InChI is InChI=1S/C25H32N4O3/c1-3-4-10-27-21(14-18-6-5-7-20(13-18)32-2)28-23(31)24-15-25(16-24,17-24)29-22(30)19-8-11-26-12-9-19/h5-9,11-13,21,27H,3-4,10,14-17H2,1-2H3,(H,28,31)(H,29,30)/t21-,24?,25?/m1/s1. The SMILES string of the molecule is CCCCN[C@@H](Cc1cccc(OC)c1)NC(=O)C12CC(NC(=O)c3ccncc3)(C1)C2. The second kappa shape index (κ2) is 9.28. The molecule has 170 valence electrons. The number of benzene rings is 1. The van der Waals surface area contributed by atoms with Crippen LogP contribution in [0.4, 0.5) is 0 Å². The molecule has 1 heterocycles. The third-order valence-corrected chi connectivity index (χ3v) is 6.63. The molecule has 2 amide bonds. The summed E-state index contributed by atoms with van der Waals surface area (Å²) in [6, 6.07) is 11.3. The van der Waals surface area contributed by atoms with Crippen molar-refractivity contribution in [2.45, 2.75) is 57.2 Å². The Morgan fingerprint density at radius 2 is 1.91 bits per heavy atom. The van der Waals surface area contributed by atoms with Crippen LogP contribution in [0.5, 0.6) is 5.75 Å². The molecule has 3 N–H and O–H groups in total. The molecule has 0 unspecified atom stereocenters. The van der Waals surface area contributed by atoms with Crippen LogP contribution in [0.3, 0.4) is 0 Å². The van der Waals surface area contributed by atoms with Crippen LogP contribution in [0.1, 0.15) is 54.9 Å². The maximum atomic E-state index is 13.1. The maximum absolute atomic E-state index is 13.1. The number of hydrogen-bond donors (Lipinski definition) is 3. The van der Waals surface area contributed by atoms with Crippen molar-refractivity contribution in [2.75, 3.05) is 13.7 Å². The highest BCUT2D eigenvalue weighted by Crippen LogP contribution is 2.67. The first-order valence-corrected chi connectivity index (χ1v) is 11.4. The zero-order valence-electron chi connectivity index (χ0n) is 18.8. The number of nitrogens with one attached hydrogen (secondary N) is 3. The molecule has 0 saturated heterocycles. The Labute approximate surface area is 189 Å². The molecule has 7 nitrogen and oxygen atoms in total. The van der Waals surface area contributed by atoms with Gasteiger partial charge in [-0.2, -0.15) is 0 Å². The van der Waals surface area contributed by atoms with Crippen LogP contribution in [0.2, 0.25) is 0 Å². The number of rotatable bonds is 11. The highest BCUT2D eigenvalue weighted by Gasteiger charge is 2.72. The molecule has 0 spiro atoms. The Kier molecular flexibility index (Phi) is 6.46. The summed E-state index contributed by atoms with van der Waals surface area (Å²) in [5.41, 5.74) is 1.11. The van der Waals surface area contributed by atoms with E-state index in [1.807, 2.05) is 24.3 Å². The first kappa shape index (κ1) is 22.3.